The zero-order valence-electron chi connectivity index (χ0n) is 10.3. The highest BCUT2D eigenvalue weighted by molar-refractivity contribution is 5.85. The van der Waals surface area contributed by atoms with Gasteiger partial charge in [0.25, 0.3) is 0 Å². The number of anilines is 1. The number of pyridine rings is 1. The van der Waals surface area contributed by atoms with E-state index in [9.17, 15) is 0 Å². The summed E-state index contributed by atoms with van der Waals surface area (Å²) in [6.07, 6.45) is 1.88. The molecule has 0 bridgehead atoms. The van der Waals surface area contributed by atoms with Crippen LogP contribution in [-0.2, 0) is 6.54 Å². The van der Waals surface area contributed by atoms with Crippen LogP contribution in [0.4, 0.5) is 5.82 Å². The second-order valence-electron chi connectivity index (χ2n) is 4.15. The third-order valence-electron chi connectivity index (χ3n) is 3.19. The van der Waals surface area contributed by atoms with E-state index < -0.39 is 0 Å². The van der Waals surface area contributed by atoms with E-state index in [1.807, 2.05) is 6.20 Å². The maximum Gasteiger partial charge on any atom is 0.128 e. The zero-order chi connectivity index (χ0) is 11.4. The van der Waals surface area contributed by atoms with Crippen molar-refractivity contribution in [2.45, 2.75) is 13.5 Å². The average Bonchev–Trinajstić information content (AvgIpc) is 2.39. The zero-order valence-corrected chi connectivity index (χ0v) is 11.1. The van der Waals surface area contributed by atoms with Crippen molar-refractivity contribution < 1.29 is 0 Å². The molecule has 2 N–H and O–H groups in total. The van der Waals surface area contributed by atoms with Gasteiger partial charge in [0.15, 0.2) is 0 Å². The van der Waals surface area contributed by atoms with Crippen molar-refractivity contribution in [3.05, 3.63) is 23.9 Å². The minimum Gasteiger partial charge on any atom is -0.354 e. The Balaban J connectivity index is 0.00000144. The maximum atomic E-state index is 5.55. The Morgan fingerprint density at radius 3 is 2.41 bits per heavy atom. The minimum absolute atomic E-state index is 0. The molecule has 0 spiro atoms. The Morgan fingerprint density at radius 2 is 1.94 bits per heavy atom. The Labute approximate surface area is 109 Å². The highest BCUT2D eigenvalue weighted by Crippen LogP contribution is 2.13. The molecule has 0 aromatic carbocycles. The minimum atomic E-state index is 0. The van der Waals surface area contributed by atoms with Crippen LogP contribution in [0, 0.1) is 0 Å². The molecule has 2 heterocycles. The third-order valence-corrected chi connectivity index (χ3v) is 3.19. The summed E-state index contributed by atoms with van der Waals surface area (Å²) in [5.41, 5.74) is 6.65. The summed E-state index contributed by atoms with van der Waals surface area (Å²) in [5.74, 6) is 1.08. The van der Waals surface area contributed by atoms with Gasteiger partial charge in [0.05, 0.1) is 0 Å². The molecule has 5 heteroatoms. The highest BCUT2D eigenvalue weighted by Gasteiger charge is 2.16. The number of hydrogen-bond acceptors (Lipinski definition) is 4. The molecule has 1 saturated heterocycles. The van der Waals surface area contributed by atoms with E-state index in [1.165, 1.54) is 0 Å². The first-order chi connectivity index (χ1) is 7.83. The number of nitrogens with zero attached hydrogens (tertiary/aromatic N) is 3. The van der Waals surface area contributed by atoms with Crippen molar-refractivity contribution in [2.24, 2.45) is 5.73 Å². The molecule has 0 aliphatic carbocycles. The van der Waals surface area contributed by atoms with E-state index in [1.54, 1.807) is 0 Å². The predicted molar refractivity (Wildman–Crippen MR) is 73.7 cm³/mol. The van der Waals surface area contributed by atoms with Crippen LogP contribution >= 0.6 is 12.4 Å². The molecule has 0 amide bonds. The fourth-order valence-corrected chi connectivity index (χ4v) is 2.02. The Morgan fingerprint density at radius 1 is 1.24 bits per heavy atom. The predicted octanol–water partition coefficient (Wildman–Crippen LogP) is 1.10. The van der Waals surface area contributed by atoms with Crippen LogP contribution in [0.15, 0.2) is 18.3 Å². The van der Waals surface area contributed by atoms with Crippen molar-refractivity contribution in [3.8, 4) is 0 Å². The molecule has 1 aromatic rings. The largest absolute Gasteiger partial charge is 0.354 e. The monoisotopic (exact) mass is 256 g/mol. The first-order valence-electron chi connectivity index (χ1n) is 5.95. The lowest BCUT2D eigenvalue weighted by molar-refractivity contribution is 0.270. The van der Waals surface area contributed by atoms with Crippen LogP contribution in [0.3, 0.4) is 0 Å². The van der Waals surface area contributed by atoms with Gasteiger partial charge < -0.3 is 15.5 Å². The van der Waals surface area contributed by atoms with E-state index in [-0.39, 0.29) is 12.4 Å². The third kappa shape index (κ3) is 3.56. The number of aromatic nitrogens is 1. The first-order valence-corrected chi connectivity index (χ1v) is 5.95. The molecule has 1 aliphatic heterocycles. The lowest BCUT2D eigenvalue weighted by Crippen LogP contribution is -2.46. The van der Waals surface area contributed by atoms with Gasteiger partial charge in [0.1, 0.15) is 5.82 Å². The van der Waals surface area contributed by atoms with Crippen molar-refractivity contribution in [1.29, 1.82) is 0 Å². The second kappa shape index (κ2) is 6.79. The molecule has 4 nitrogen and oxygen atoms in total. The average molecular weight is 257 g/mol. The smallest absolute Gasteiger partial charge is 0.128 e. The number of rotatable bonds is 3. The molecule has 17 heavy (non-hydrogen) atoms. The standard InChI is InChI=1S/C12H20N4.ClH/c1-2-15-5-7-16(8-6-15)12-4-3-11(9-13)10-14-12;/h3-4,10H,2,5-9,13H2,1H3;1H. The van der Waals surface area contributed by atoms with Crippen LogP contribution in [-0.4, -0.2) is 42.6 Å². The molecule has 0 atom stereocenters. The van der Waals surface area contributed by atoms with E-state index in [2.05, 4.69) is 33.8 Å². The summed E-state index contributed by atoms with van der Waals surface area (Å²) in [6, 6.07) is 4.14. The van der Waals surface area contributed by atoms with Crippen molar-refractivity contribution in [2.75, 3.05) is 37.6 Å². The van der Waals surface area contributed by atoms with Gasteiger partial charge in [-0.2, -0.15) is 0 Å². The first kappa shape index (κ1) is 14.2. The molecule has 0 radical (unpaired) electrons. The van der Waals surface area contributed by atoms with Crippen molar-refractivity contribution in [3.63, 3.8) is 0 Å². The number of likely N-dealkylation sites (N-methyl/N-ethyl adjacent to an activating group) is 1. The summed E-state index contributed by atoms with van der Waals surface area (Å²) in [7, 11) is 0. The maximum absolute atomic E-state index is 5.55. The Bertz CT molecular complexity index is 320. The normalized spacial score (nSPS) is 16.7. The summed E-state index contributed by atoms with van der Waals surface area (Å²) in [6.45, 7) is 8.34. The SMILES string of the molecule is CCN1CCN(c2ccc(CN)cn2)CC1.Cl. The Kier molecular flexibility index (Phi) is 5.68. The van der Waals surface area contributed by atoms with Gasteiger partial charge in [-0.05, 0) is 18.2 Å². The van der Waals surface area contributed by atoms with Crippen LogP contribution in [0.25, 0.3) is 0 Å². The molecule has 1 fully saturated rings. The van der Waals surface area contributed by atoms with Crippen molar-refractivity contribution in [1.82, 2.24) is 9.88 Å². The molecule has 96 valence electrons. The van der Waals surface area contributed by atoms with Gasteiger partial charge in [-0.15, -0.1) is 12.4 Å². The van der Waals surface area contributed by atoms with Gasteiger partial charge in [-0.1, -0.05) is 13.0 Å². The fourth-order valence-electron chi connectivity index (χ4n) is 2.02. The summed E-state index contributed by atoms with van der Waals surface area (Å²) in [5, 5.41) is 0. The molecule has 1 aliphatic rings. The number of piperazine rings is 1. The van der Waals surface area contributed by atoms with E-state index in [4.69, 9.17) is 5.73 Å². The Hall–Kier alpha value is -0.840. The molecule has 0 saturated carbocycles. The van der Waals surface area contributed by atoms with Gasteiger partial charge in [0, 0.05) is 38.9 Å². The quantitative estimate of drug-likeness (QED) is 0.880. The molecule has 2 rings (SSSR count). The number of halogens is 1. The van der Waals surface area contributed by atoms with Gasteiger partial charge in [-0.25, -0.2) is 4.98 Å². The van der Waals surface area contributed by atoms with Crippen molar-refractivity contribution >= 4 is 18.2 Å². The van der Waals surface area contributed by atoms with Gasteiger partial charge in [0.2, 0.25) is 0 Å². The lowest BCUT2D eigenvalue weighted by Gasteiger charge is -2.34. The fraction of sp³-hybridized carbons (Fsp3) is 0.583. The summed E-state index contributed by atoms with van der Waals surface area (Å²) < 4.78 is 0. The number of hydrogen-bond donors (Lipinski definition) is 1. The van der Waals surface area contributed by atoms with Crippen LogP contribution in [0.5, 0.6) is 0 Å². The molecule has 1 aromatic heterocycles. The lowest BCUT2D eigenvalue weighted by atomic mass is 10.2. The van der Waals surface area contributed by atoms with E-state index >= 15 is 0 Å². The molecular formula is C12H21ClN4. The van der Waals surface area contributed by atoms with Crippen LogP contribution in [0.2, 0.25) is 0 Å². The molecular weight excluding hydrogens is 236 g/mol. The summed E-state index contributed by atoms with van der Waals surface area (Å²) in [4.78, 5) is 9.25. The van der Waals surface area contributed by atoms with Gasteiger partial charge in [-0.3, -0.25) is 0 Å². The summed E-state index contributed by atoms with van der Waals surface area (Å²) >= 11 is 0. The van der Waals surface area contributed by atoms with E-state index in [0.29, 0.717) is 6.54 Å². The topological polar surface area (TPSA) is 45.4 Å². The van der Waals surface area contributed by atoms with Crippen LogP contribution < -0.4 is 10.6 Å². The van der Waals surface area contributed by atoms with Crippen LogP contribution in [0.1, 0.15) is 12.5 Å². The number of nitrogens with two attached hydrogens (primary N) is 1. The van der Waals surface area contributed by atoms with E-state index in [0.717, 1.165) is 44.1 Å². The second-order valence-corrected chi connectivity index (χ2v) is 4.15. The molecule has 0 unspecified atom stereocenters. The van der Waals surface area contributed by atoms with Gasteiger partial charge >= 0.3 is 0 Å². The highest BCUT2D eigenvalue weighted by atomic mass is 35.5.